The van der Waals surface area contributed by atoms with Gasteiger partial charge in [-0.15, -0.1) is 0 Å². The van der Waals surface area contributed by atoms with Gasteiger partial charge in [0.2, 0.25) is 0 Å². The second kappa shape index (κ2) is 7.46. The van der Waals surface area contributed by atoms with E-state index in [4.69, 9.17) is 9.47 Å². The van der Waals surface area contributed by atoms with Crippen molar-refractivity contribution >= 4 is 11.6 Å². The Hall–Kier alpha value is -1.55. The Morgan fingerprint density at radius 2 is 2.05 bits per heavy atom. The lowest BCUT2D eigenvalue weighted by molar-refractivity contribution is -0.136. The Balaban J connectivity index is 2.84. The molecule has 1 aromatic carbocycles. The molecule has 4 nitrogen and oxygen atoms in total. The van der Waals surface area contributed by atoms with E-state index >= 15 is 0 Å². The van der Waals surface area contributed by atoms with Crippen LogP contribution in [0.3, 0.4) is 0 Å². The van der Waals surface area contributed by atoms with Crippen molar-refractivity contribution in [2.45, 2.75) is 59.2 Å². The van der Waals surface area contributed by atoms with Gasteiger partial charge in [0, 0.05) is 12.8 Å². The molecule has 0 saturated heterocycles. The fourth-order valence-corrected chi connectivity index (χ4v) is 2.16. The van der Waals surface area contributed by atoms with Crippen molar-refractivity contribution in [3.63, 3.8) is 0 Å². The average molecular weight is 293 g/mol. The summed E-state index contributed by atoms with van der Waals surface area (Å²) in [7, 11) is 1.57. The van der Waals surface area contributed by atoms with Crippen LogP contribution in [0.25, 0.3) is 0 Å². The molecule has 21 heavy (non-hydrogen) atoms. The van der Waals surface area contributed by atoms with Gasteiger partial charge in [0.05, 0.1) is 6.10 Å². The highest BCUT2D eigenvalue weighted by molar-refractivity contribution is 5.97. The van der Waals surface area contributed by atoms with Gasteiger partial charge in [-0.2, -0.15) is 0 Å². The lowest BCUT2D eigenvalue weighted by Crippen LogP contribution is -2.41. The maximum absolute atomic E-state index is 12.4. The highest BCUT2D eigenvalue weighted by Crippen LogP contribution is 2.25. The number of rotatable bonds is 7. The second-order valence-electron chi connectivity index (χ2n) is 5.79. The number of benzene rings is 1. The maximum atomic E-state index is 12.4. The summed E-state index contributed by atoms with van der Waals surface area (Å²) in [6, 6.07) is 5.65. The minimum atomic E-state index is -0.796. The molecular formula is C17H27NO3. The Bertz CT molecular complexity index is 485. The lowest BCUT2D eigenvalue weighted by Gasteiger charge is -2.26. The first-order chi connectivity index (χ1) is 9.82. The van der Waals surface area contributed by atoms with Gasteiger partial charge >= 0.3 is 0 Å². The van der Waals surface area contributed by atoms with Crippen LogP contribution in [0.4, 0.5) is 5.69 Å². The Labute approximate surface area is 127 Å². The van der Waals surface area contributed by atoms with Crippen molar-refractivity contribution in [3.05, 3.63) is 23.8 Å². The fourth-order valence-electron chi connectivity index (χ4n) is 2.16. The highest BCUT2D eigenvalue weighted by atomic mass is 16.5. The predicted molar refractivity (Wildman–Crippen MR) is 85.9 cm³/mol. The van der Waals surface area contributed by atoms with E-state index in [0.717, 1.165) is 23.4 Å². The molecular weight excluding hydrogens is 266 g/mol. The molecule has 0 aromatic heterocycles. The number of amides is 1. The molecule has 1 amide bonds. The highest BCUT2D eigenvalue weighted by Gasteiger charge is 2.32. The van der Waals surface area contributed by atoms with E-state index in [1.165, 1.54) is 0 Å². The van der Waals surface area contributed by atoms with E-state index in [0.29, 0.717) is 6.42 Å². The molecule has 0 unspecified atom stereocenters. The van der Waals surface area contributed by atoms with Crippen molar-refractivity contribution < 1.29 is 14.3 Å². The quantitative estimate of drug-likeness (QED) is 0.828. The van der Waals surface area contributed by atoms with Gasteiger partial charge < -0.3 is 14.8 Å². The zero-order valence-corrected chi connectivity index (χ0v) is 13.9. The molecule has 1 atom stereocenters. The Kier molecular flexibility index (Phi) is 6.21. The number of hydrogen-bond donors (Lipinski definition) is 1. The molecule has 0 fully saturated rings. The van der Waals surface area contributed by atoms with Gasteiger partial charge in [-0.3, -0.25) is 4.79 Å². The molecule has 0 aliphatic carbocycles. The van der Waals surface area contributed by atoms with E-state index < -0.39 is 5.60 Å². The third-order valence-electron chi connectivity index (χ3n) is 3.45. The topological polar surface area (TPSA) is 47.6 Å². The number of nitrogens with one attached hydrogen (secondary N) is 1. The first kappa shape index (κ1) is 17.5. The molecule has 0 bridgehead atoms. The number of carbonyl (C=O) groups is 1. The summed E-state index contributed by atoms with van der Waals surface area (Å²) in [5.74, 6) is 0.717. The molecule has 1 aromatic rings. The van der Waals surface area contributed by atoms with Crippen LogP contribution in [-0.2, 0) is 9.53 Å². The number of ether oxygens (including phenoxy) is 2. The van der Waals surface area contributed by atoms with E-state index in [-0.39, 0.29) is 12.0 Å². The third kappa shape index (κ3) is 4.74. The molecule has 0 heterocycles. The summed E-state index contributed by atoms with van der Waals surface area (Å²) in [6.45, 7) is 9.80. The Morgan fingerprint density at radius 3 is 2.52 bits per heavy atom. The van der Waals surface area contributed by atoms with E-state index in [1.54, 1.807) is 7.11 Å². The van der Waals surface area contributed by atoms with Crippen LogP contribution in [-0.4, -0.2) is 24.7 Å². The number of aryl methyl sites for hydroxylation is 1. The van der Waals surface area contributed by atoms with Crippen LogP contribution >= 0.6 is 0 Å². The van der Waals surface area contributed by atoms with Crippen molar-refractivity contribution in [1.82, 2.24) is 0 Å². The predicted octanol–water partition coefficient (Wildman–Crippen LogP) is 3.93. The largest absolute Gasteiger partial charge is 0.491 e. The van der Waals surface area contributed by atoms with Gasteiger partial charge in [-0.05, 0) is 57.9 Å². The van der Waals surface area contributed by atoms with Crippen LogP contribution in [0, 0.1) is 6.92 Å². The number of anilines is 1. The summed E-state index contributed by atoms with van der Waals surface area (Å²) in [5, 5.41) is 2.92. The minimum Gasteiger partial charge on any atom is -0.491 e. The van der Waals surface area contributed by atoms with Gasteiger partial charge in [-0.1, -0.05) is 13.3 Å². The van der Waals surface area contributed by atoms with Crippen LogP contribution < -0.4 is 10.1 Å². The smallest absolute Gasteiger partial charge is 0.256 e. The average Bonchev–Trinajstić information content (AvgIpc) is 2.41. The molecule has 0 aliphatic heterocycles. The summed E-state index contributed by atoms with van der Waals surface area (Å²) in [4.78, 5) is 12.4. The van der Waals surface area contributed by atoms with Crippen molar-refractivity contribution in [3.8, 4) is 5.75 Å². The maximum Gasteiger partial charge on any atom is 0.256 e. The summed E-state index contributed by atoms with van der Waals surface area (Å²) in [6.07, 6.45) is 1.70. The molecule has 4 heteroatoms. The van der Waals surface area contributed by atoms with Gasteiger partial charge in [-0.25, -0.2) is 0 Å². The summed E-state index contributed by atoms with van der Waals surface area (Å²) < 4.78 is 11.1. The second-order valence-corrected chi connectivity index (χ2v) is 5.79. The molecule has 1 rings (SSSR count). The molecule has 0 saturated carbocycles. The zero-order chi connectivity index (χ0) is 16.0. The molecule has 0 aliphatic rings. The van der Waals surface area contributed by atoms with Crippen molar-refractivity contribution in [1.29, 1.82) is 0 Å². The van der Waals surface area contributed by atoms with Crippen molar-refractivity contribution in [2.75, 3.05) is 12.4 Å². The summed E-state index contributed by atoms with van der Waals surface area (Å²) in [5.41, 5.74) is 0.958. The van der Waals surface area contributed by atoms with Crippen molar-refractivity contribution in [2.24, 2.45) is 0 Å². The first-order valence-corrected chi connectivity index (χ1v) is 7.46. The Morgan fingerprint density at radius 1 is 1.38 bits per heavy atom. The fraction of sp³-hybridized carbons (Fsp3) is 0.588. The van der Waals surface area contributed by atoms with Crippen LogP contribution in [0.5, 0.6) is 5.75 Å². The minimum absolute atomic E-state index is 0.122. The zero-order valence-electron chi connectivity index (χ0n) is 13.9. The first-order valence-electron chi connectivity index (χ1n) is 7.46. The standard InChI is InChI=1S/C17H27NO3/c1-7-10-17(5,20-6)16(19)18-14-8-9-15(13(4)11-14)21-12(2)3/h8-9,11-12H,7,10H2,1-6H3,(H,18,19)/t17-/m0/s1. The monoisotopic (exact) mass is 293 g/mol. The normalized spacial score (nSPS) is 13.9. The van der Waals surface area contributed by atoms with E-state index in [1.807, 2.05) is 52.8 Å². The number of methoxy groups -OCH3 is 1. The third-order valence-corrected chi connectivity index (χ3v) is 3.45. The molecule has 0 radical (unpaired) electrons. The van der Waals surface area contributed by atoms with Crippen LogP contribution in [0.1, 0.15) is 46.1 Å². The SMILES string of the molecule is CCC[C@](C)(OC)C(=O)Nc1ccc(OC(C)C)c(C)c1. The molecule has 1 N–H and O–H groups in total. The number of hydrogen-bond acceptors (Lipinski definition) is 3. The van der Waals surface area contributed by atoms with Gasteiger partial charge in [0.25, 0.3) is 5.91 Å². The van der Waals surface area contributed by atoms with Gasteiger partial charge in [0.1, 0.15) is 11.4 Å². The molecule has 0 spiro atoms. The van der Waals surface area contributed by atoms with Crippen LogP contribution in [0.15, 0.2) is 18.2 Å². The van der Waals surface area contributed by atoms with E-state index in [9.17, 15) is 4.79 Å². The summed E-state index contributed by atoms with van der Waals surface area (Å²) >= 11 is 0. The number of carbonyl (C=O) groups excluding carboxylic acids is 1. The van der Waals surface area contributed by atoms with E-state index in [2.05, 4.69) is 5.32 Å². The van der Waals surface area contributed by atoms with Crippen LogP contribution in [0.2, 0.25) is 0 Å². The molecule has 118 valence electrons. The lowest BCUT2D eigenvalue weighted by atomic mass is 9.99. The van der Waals surface area contributed by atoms with Gasteiger partial charge in [0.15, 0.2) is 0 Å².